The summed E-state index contributed by atoms with van der Waals surface area (Å²) < 4.78 is 16.4. The van der Waals surface area contributed by atoms with Gasteiger partial charge in [0, 0.05) is 14.1 Å². The maximum absolute atomic E-state index is 11.3. The first-order valence-corrected chi connectivity index (χ1v) is 8.52. The molecule has 0 saturated carbocycles. The number of hydrogen-bond donors (Lipinski definition) is 1. The molecule has 5 heteroatoms. The van der Waals surface area contributed by atoms with Crippen LogP contribution in [0, 0.1) is 5.92 Å². The third kappa shape index (κ3) is 7.20. The number of nitrogens with zero attached hydrogens (tertiary/aromatic N) is 1. The second-order valence-electron chi connectivity index (χ2n) is 4.15. The molecule has 0 spiro atoms. The molecule has 1 N–H and O–H groups in total. The number of piperidine rings is 1. The molecule has 17 heavy (non-hydrogen) atoms. The van der Waals surface area contributed by atoms with Gasteiger partial charge in [0.05, 0.1) is 6.61 Å². The summed E-state index contributed by atoms with van der Waals surface area (Å²) in [6.45, 7) is 11.5. The van der Waals surface area contributed by atoms with E-state index in [1.165, 1.54) is 6.42 Å². The van der Waals surface area contributed by atoms with Crippen LogP contribution in [0.3, 0.4) is 0 Å². The van der Waals surface area contributed by atoms with E-state index in [1.807, 2.05) is 13.8 Å². The molecule has 1 rings (SSSR count). The van der Waals surface area contributed by atoms with Crippen LogP contribution >= 0.6 is 7.60 Å². The molecule has 1 aliphatic heterocycles. The van der Waals surface area contributed by atoms with Crippen LogP contribution in [0.5, 0.6) is 0 Å². The fourth-order valence-corrected chi connectivity index (χ4v) is 2.51. The Morgan fingerprint density at radius 1 is 1.47 bits per heavy atom. The van der Waals surface area contributed by atoms with Gasteiger partial charge in [-0.25, -0.2) is 0 Å². The zero-order valence-corrected chi connectivity index (χ0v) is 12.6. The smallest absolute Gasteiger partial charge is 0.324 e. The van der Waals surface area contributed by atoms with Gasteiger partial charge in [-0.1, -0.05) is 27.7 Å². The Balaban J connectivity index is 0. The molecule has 0 aromatic carbocycles. The molecule has 4 nitrogen and oxygen atoms in total. The predicted octanol–water partition coefficient (Wildman–Crippen LogP) is 3.21. The highest BCUT2D eigenvalue weighted by Gasteiger charge is 2.23. The van der Waals surface area contributed by atoms with E-state index < -0.39 is 7.60 Å². The van der Waals surface area contributed by atoms with Gasteiger partial charge in [-0.05, 0) is 31.8 Å². The lowest BCUT2D eigenvalue weighted by molar-refractivity contribution is 0.127. The topological polar surface area (TPSA) is 49.8 Å². The molecular formula is C12H30NO3P. The molecular weight excluding hydrogens is 237 g/mol. The molecule has 1 fully saturated rings. The Morgan fingerprint density at radius 3 is 2.65 bits per heavy atom. The summed E-state index contributed by atoms with van der Waals surface area (Å²) in [7, 11) is -3.29. The largest absolute Gasteiger partial charge is 0.327 e. The molecule has 106 valence electrons. The third-order valence-corrected chi connectivity index (χ3v) is 4.31. The summed E-state index contributed by atoms with van der Waals surface area (Å²) in [6, 6.07) is 0. The first-order chi connectivity index (χ1) is 8.07. The van der Waals surface area contributed by atoms with E-state index in [4.69, 9.17) is 4.52 Å². The second kappa shape index (κ2) is 9.09. The van der Waals surface area contributed by atoms with Gasteiger partial charge in [-0.3, -0.25) is 4.57 Å². The van der Waals surface area contributed by atoms with Gasteiger partial charge >= 0.3 is 7.60 Å². The molecule has 2 unspecified atom stereocenters. The highest BCUT2D eigenvalue weighted by Crippen LogP contribution is 2.41. The van der Waals surface area contributed by atoms with Crippen molar-refractivity contribution >= 4 is 7.60 Å². The molecule has 1 heterocycles. The van der Waals surface area contributed by atoms with Crippen molar-refractivity contribution in [3.63, 3.8) is 0 Å². The quantitative estimate of drug-likeness (QED) is 0.777. The SMILES string of the molecule is CC.CCN1CCCC(COP(=O)(O)CC)C1.[HH]. The Labute approximate surface area is 107 Å². The molecule has 2 atom stereocenters. The van der Waals surface area contributed by atoms with Crippen LogP contribution in [0.1, 0.15) is 42.0 Å². The van der Waals surface area contributed by atoms with Crippen molar-refractivity contribution in [1.29, 1.82) is 0 Å². The lowest BCUT2D eigenvalue weighted by Gasteiger charge is -2.31. The normalized spacial score (nSPS) is 24.6. The minimum Gasteiger partial charge on any atom is -0.324 e. The van der Waals surface area contributed by atoms with Crippen molar-refractivity contribution in [2.45, 2.75) is 40.5 Å². The maximum Gasteiger partial charge on any atom is 0.327 e. The fraction of sp³-hybridized carbons (Fsp3) is 1.00. The minimum absolute atomic E-state index is 0. The monoisotopic (exact) mass is 267 g/mol. The molecule has 0 aromatic rings. The first kappa shape index (κ1) is 17.1. The molecule has 0 aromatic heterocycles. The summed E-state index contributed by atoms with van der Waals surface area (Å²) in [5.74, 6) is 0.422. The number of likely N-dealkylation sites (tertiary alicyclic amines) is 1. The Hall–Kier alpha value is 0.110. The van der Waals surface area contributed by atoms with Crippen LogP contribution < -0.4 is 0 Å². The molecule has 1 saturated heterocycles. The summed E-state index contributed by atoms with van der Waals surface area (Å²) in [5, 5.41) is 0. The van der Waals surface area contributed by atoms with E-state index in [9.17, 15) is 9.46 Å². The van der Waals surface area contributed by atoms with Crippen LogP contribution in [0.25, 0.3) is 0 Å². The zero-order chi connectivity index (χ0) is 13.3. The Bertz CT molecular complexity index is 241. The van der Waals surface area contributed by atoms with Crippen molar-refractivity contribution in [1.82, 2.24) is 4.90 Å². The van der Waals surface area contributed by atoms with E-state index in [-0.39, 0.29) is 7.59 Å². The average Bonchev–Trinajstić information content (AvgIpc) is 2.39. The highest BCUT2D eigenvalue weighted by molar-refractivity contribution is 7.52. The zero-order valence-electron chi connectivity index (χ0n) is 11.7. The van der Waals surface area contributed by atoms with Crippen molar-refractivity contribution in [3.05, 3.63) is 0 Å². The third-order valence-electron chi connectivity index (χ3n) is 2.96. The Kier molecular flexibility index (Phi) is 9.15. The van der Waals surface area contributed by atoms with Crippen LogP contribution in [-0.4, -0.2) is 42.2 Å². The predicted molar refractivity (Wildman–Crippen MR) is 74.6 cm³/mol. The maximum atomic E-state index is 11.3. The first-order valence-electron chi connectivity index (χ1n) is 6.76. The fourth-order valence-electron chi connectivity index (χ4n) is 1.89. The van der Waals surface area contributed by atoms with Gasteiger partial charge in [-0.2, -0.15) is 0 Å². The summed E-state index contributed by atoms with van der Waals surface area (Å²) >= 11 is 0. The Morgan fingerprint density at radius 2 is 2.12 bits per heavy atom. The van der Waals surface area contributed by atoms with E-state index in [1.54, 1.807) is 6.92 Å². The van der Waals surface area contributed by atoms with Crippen LogP contribution in [0.4, 0.5) is 0 Å². The van der Waals surface area contributed by atoms with Gasteiger partial charge < -0.3 is 14.3 Å². The van der Waals surface area contributed by atoms with Crippen molar-refractivity contribution < 1.29 is 15.4 Å². The molecule has 1 aliphatic rings. The summed E-state index contributed by atoms with van der Waals surface area (Å²) in [4.78, 5) is 11.7. The van der Waals surface area contributed by atoms with Crippen LogP contribution in [0.15, 0.2) is 0 Å². The lowest BCUT2D eigenvalue weighted by atomic mass is 9.99. The van der Waals surface area contributed by atoms with Crippen LogP contribution in [-0.2, 0) is 9.09 Å². The van der Waals surface area contributed by atoms with E-state index in [0.29, 0.717) is 12.5 Å². The number of hydrogen-bond acceptors (Lipinski definition) is 3. The van der Waals surface area contributed by atoms with E-state index >= 15 is 0 Å². The highest BCUT2D eigenvalue weighted by atomic mass is 31.2. The molecule has 0 aliphatic carbocycles. The number of rotatable bonds is 5. The summed E-state index contributed by atoms with van der Waals surface area (Å²) in [6.07, 6.45) is 2.49. The summed E-state index contributed by atoms with van der Waals surface area (Å²) in [5.41, 5.74) is 0. The minimum atomic E-state index is -3.29. The molecule has 0 bridgehead atoms. The van der Waals surface area contributed by atoms with Gasteiger partial charge in [0.25, 0.3) is 0 Å². The molecule has 0 amide bonds. The van der Waals surface area contributed by atoms with Gasteiger partial charge in [-0.15, -0.1) is 0 Å². The van der Waals surface area contributed by atoms with E-state index in [0.717, 1.165) is 26.1 Å². The lowest BCUT2D eigenvalue weighted by Crippen LogP contribution is -2.36. The second-order valence-corrected chi connectivity index (χ2v) is 6.32. The van der Waals surface area contributed by atoms with Gasteiger partial charge in [0.1, 0.15) is 0 Å². The van der Waals surface area contributed by atoms with Crippen LogP contribution in [0.2, 0.25) is 0 Å². The average molecular weight is 267 g/mol. The van der Waals surface area contributed by atoms with Gasteiger partial charge in [0.2, 0.25) is 0 Å². The standard InChI is InChI=1S/C10H22NO3P.C2H6.H2/c1-3-11-7-5-6-10(8-11)9-14-15(12,13)4-2;1-2;/h10H,3-9H2,1-2H3,(H,12,13);1-2H3;1H. The van der Waals surface area contributed by atoms with Crippen molar-refractivity contribution in [2.24, 2.45) is 5.92 Å². The molecule has 0 radical (unpaired) electrons. The van der Waals surface area contributed by atoms with E-state index in [2.05, 4.69) is 11.8 Å². The van der Waals surface area contributed by atoms with Crippen molar-refractivity contribution in [3.8, 4) is 0 Å². The van der Waals surface area contributed by atoms with Crippen molar-refractivity contribution in [2.75, 3.05) is 32.4 Å². The van der Waals surface area contributed by atoms with Gasteiger partial charge in [0.15, 0.2) is 0 Å².